The second-order valence-electron chi connectivity index (χ2n) is 9.76. The Morgan fingerprint density at radius 3 is 2.05 bits per heavy atom. The van der Waals surface area contributed by atoms with Crippen molar-refractivity contribution in [2.45, 2.75) is 33.1 Å². The minimum atomic E-state index is -0.494. The van der Waals surface area contributed by atoms with E-state index in [-0.39, 0.29) is 22.0 Å². The Morgan fingerprint density at radius 1 is 0.775 bits per heavy atom. The number of amides is 3. The molecule has 0 spiro atoms. The van der Waals surface area contributed by atoms with E-state index in [0.29, 0.717) is 42.4 Å². The van der Waals surface area contributed by atoms with Gasteiger partial charge in [-0.2, -0.15) is 0 Å². The van der Waals surface area contributed by atoms with Crippen LogP contribution in [-0.4, -0.2) is 42.7 Å². The van der Waals surface area contributed by atoms with Gasteiger partial charge < -0.3 is 14.8 Å². The van der Waals surface area contributed by atoms with Crippen LogP contribution in [0, 0.1) is 0 Å². The maximum atomic E-state index is 12.7. The first-order valence-electron chi connectivity index (χ1n) is 12.8. The van der Waals surface area contributed by atoms with Crippen LogP contribution in [0.25, 0.3) is 0 Å². The van der Waals surface area contributed by atoms with Crippen molar-refractivity contribution < 1.29 is 23.9 Å². The average molecular weight is 563 g/mol. The number of ether oxygens (including phenoxy) is 2. The van der Waals surface area contributed by atoms with E-state index in [1.165, 1.54) is 0 Å². The van der Waals surface area contributed by atoms with E-state index in [0.717, 1.165) is 5.56 Å². The van der Waals surface area contributed by atoms with Crippen LogP contribution >= 0.6 is 12.2 Å². The van der Waals surface area contributed by atoms with Crippen LogP contribution in [0.3, 0.4) is 0 Å². The summed E-state index contributed by atoms with van der Waals surface area (Å²) in [6.07, 6.45) is 0. The summed E-state index contributed by atoms with van der Waals surface area (Å²) in [5.74, 6) is -0.832. The minimum Gasteiger partial charge on any atom is -0.490 e. The van der Waals surface area contributed by atoms with E-state index in [2.05, 4.69) is 42.3 Å². The zero-order valence-electron chi connectivity index (χ0n) is 23.0. The average Bonchev–Trinajstić information content (AvgIpc) is 2.94. The molecule has 0 atom stereocenters. The van der Waals surface area contributed by atoms with Gasteiger partial charge in [0.25, 0.3) is 17.7 Å². The van der Waals surface area contributed by atoms with E-state index in [1.54, 1.807) is 60.7 Å². The Balaban J connectivity index is 1.49. The summed E-state index contributed by atoms with van der Waals surface area (Å²) in [4.78, 5) is 37.8. The fourth-order valence-corrected chi connectivity index (χ4v) is 3.70. The maximum Gasteiger partial charge on any atom is 0.269 e. The molecule has 0 saturated carbocycles. The molecular weight excluding hydrogens is 528 g/mol. The van der Waals surface area contributed by atoms with Crippen molar-refractivity contribution in [2.24, 2.45) is 0 Å². The number of para-hydroxylation sites is 1. The fraction of sp³-hybridized carbons (Fsp3) is 0.267. The van der Waals surface area contributed by atoms with Gasteiger partial charge in [0, 0.05) is 23.4 Å². The minimum absolute atomic E-state index is 0.000273. The van der Waals surface area contributed by atoms with Crippen LogP contribution in [-0.2, 0) is 10.2 Å². The highest BCUT2D eigenvalue weighted by molar-refractivity contribution is 7.80. The summed E-state index contributed by atoms with van der Waals surface area (Å²) >= 11 is 5.14. The molecular formula is C30H34N4O5S. The monoisotopic (exact) mass is 562 g/mol. The van der Waals surface area contributed by atoms with Crippen LogP contribution in [0.1, 0.15) is 64.3 Å². The molecule has 3 aromatic rings. The van der Waals surface area contributed by atoms with E-state index in [9.17, 15) is 14.4 Å². The Bertz CT molecular complexity index is 1340. The molecule has 0 heterocycles. The maximum absolute atomic E-state index is 12.7. The molecule has 0 radical (unpaired) electrons. The Hall–Kier alpha value is -4.28. The van der Waals surface area contributed by atoms with Crippen molar-refractivity contribution in [1.29, 1.82) is 0 Å². The van der Waals surface area contributed by atoms with Gasteiger partial charge in [-0.1, -0.05) is 45.0 Å². The Labute approximate surface area is 239 Å². The summed E-state index contributed by atoms with van der Waals surface area (Å²) in [5.41, 5.74) is 7.78. The summed E-state index contributed by atoms with van der Waals surface area (Å²) in [6, 6.07) is 20.6. The van der Waals surface area contributed by atoms with Gasteiger partial charge in [-0.25, -0.2) is 0 Å². The van der Waals surface area contributed by atoms with Crippen LogP contribution in [0.15, 0.2) is 72.8 Å². The molecule has 3 amide bonds. The van der Waals surface area contributed by atoms with E-state index < -0.39 is 11.8 Å². The van der Waals surface area contributed by atoms with Gasteiger partial charge in [0.05, 0.1) is 12.2 Å². The molecule has 0 fully saturated rings. The molecule has 3 rings (SSSR count). The third-order valence-corrected chi connectivity index (χ3v) is 5.96. The smallest absolute Gasteiger partial charge is 0.269 e. The van der Waals surface area contributed by atoms with Gasteiger partial charge in [-0.05, 0) is 78.7 Å². The van der Waals surface area contributed by atoms with E-state index in [1.807, 2.05) is 19.1 Å². The SMILES string of the molecule is CCOCCOc1ccccc1C(=O)NC(=S)NNC(=O)c1ccc(NC(=O)c2ccc(C(C)(C)C)cc2)cc1. The molecule has 0 bridgehead atoms. The summed E-state index contributed by atoms with van der Waals surface area (Å²) in [6.45, 7) is 9.49. The van der Waals surface area contributed by atoms with Crippen molar-refractivity contribution in [1.82, 2.24) is 16.2 Å². The zero-order chi connectivity index (χ0) is 29.1. The van der Waals surface area contributed by atoms with Crippen molar-refractivity contribution in [3.8, 4) is 5.75 Å². The van der Waals surface area contributed by atoms with Gasteiger partial charge in [0.1, 0.15) is 12.4 Å². The number of hydrazine groups is 1. The van der Waals surface area contributed by atoms with Crippen molar-refractivity contribution >= 4 is 40.7 Å². The number of carbonyl (C=O) groups excluding carboxylic acids is 3. The summed E-state index contributed by atoms with van der Waals surface area (Å²) < 4.78 is 10.9. The van der Waals surface area contributed by atoms with Gasteiger partial charge in [0.15, 0.2) is 5.11 Å². The molecule has 210 valence electrons. The zero-order valence-corrected chi connectivity index (χ0v) is 23.8. The summed E-state index contributed by atoms with van der Waals surface area (Å²) in [5, 5.41) is 5.24. The van der Waals surface area contributed by atoms with Crippen LogP contribution in [0.5, 0.6) is 5.75 Å². The number of rotatable bonds is 9. The third-order valence-electron chi connectivity index (χ3n) is 5.76. The third kappa shape index (κ3) is 8.89. The molecule has 0 aliphatic rings. The second kappa shape index (κ2) is 14.2. The van der Waals surface area contributed by atoms with Crippen LogP contribution in [0.2, 0.25) is 0 Å². The highest BCUT2D eigenvalue weighted by Crippen LogP contribution is 2.22. The predicted octanol–water partition coefficient (Wildman–Crippen LogP) is 4.60. The molecule has 3 aromatic carbocycles. The standard InChI is InChI=1S/C30H34N4O5S/c1-5-38-18-19-39-25-9-7-6-8-24(25)28(37)32-29(40)34-33-27(36)21-12-16-23(17-13-21)31-26(35)20-10-14-22(15-11-20)30(2,3)4/h6-17H,5,18-19H2,1-4H3,(H,31,35)(H,33,36)(H2,32,34,37,40). The Kier molecular flexibility index (Phi) is 10.7. The molecule has 40 heavy (non-hydrogen) atoms. The van der Waals surface area contributed by atoms with Crippen LogP contribution in [0.4, 0.5) is 5.69 Å². The molecule has 0 aromatic heterocycles. The lowest BCUT2D eigenvalue weighted by Gasteiger charge is -2.19. The molecule has 0 saturated heterocycles. The number of hydrogen-bond donors (Lipinski definition) is 4. The van der Waals surface area contributed by atoms with Crippen molar-refractivity contribution in [3.63, 3.8) is 0 Å². The summed E-state index contributed by atoms with van der Waals surface area (Å²) in [7, 11) is 0. The molecule has 9 nitrogen and oxygen atoms in total. The van der Waals surface area contributed by atoms with Gasteiger partial charge in [-0.15, -0.1) is 0 Å². The highest BCUT2D eigenvalue weighted by atomic mass is 32.1. The lowest BCUT2D eigenvalue weighted by atomic mass is 9.87. The van der Waals surface area contributed by atoms with Gasteiger partial charge in [-0.3, -0.25) is 30.6 Å². The van der Waals surface area contributed by atoms with E-state index in [4.69, 9.17) is 21.7 Å². The number of thiocarbonyl (C=S) groups is 1. The first kappa shape index (κ1) is 30.3. The lowest BCUT2D eigenvalue weighted by molar-refractivity contribution is 0.0931. The largest absolute Gasteiger partial charge is 0.490 e. The Morgan fingerprint density at radius 2 is 1.40 bits per heavy atom. The molecule has 10 heteroatoms. The fourth-order valence-electron chi connectivity index (χ4n) is 3.55. The van der Waals surface area contributed by atoms with Crippen molar-refractivity contribution in [2.75, 3.05) is 25.1 Å². The predicted molar refractivity (Wildman–Crippen MR) is 159 cm³/mol. The number of nitrogens with one attached hydrogen (secondary N) is 4. The highest BCUT2D eigenvalue weighted by Gasteiger charge is 2.16. The van der Waals surface area contributed by atoms with Gasteiger partial charge >= 0.3 is 0 Å². The molecule has 0 unspecified atom stereocenters. The van der Waals surface area contributed by atoms with Crippen molar-refractivity contribution in [3.05, 3.63) is 95.1 Å². The molecule has 0 aliphatic heterocycles. The first-order chi connectivity index (χ1) is 19.1. The van der Waals surface area contributed by atoms with Gasteiger partial charge in [0.2, 0.25) is 0 Å². The van der Waals surface area contributed by atoms with Crippen LogP contribution < -0.4 is 26.2 Å². The van der Waals surface area contributed by atoms with E-state index >= 15 is 0 Å². The second-order valence-corrected chi connectivity index (χ2v) is 10.2. The number of benzene rings is 3. The topological polar surface area (TPSA) is 118 Å². The number of anilines is 1. The molecule has 0 aliphatic carbocycles. The normalized spacial score (nSPS) is 10.8. The number of carbonyl (C=O) groups is 3. The number of hydrogen-bond acceptors (Lipinski definition) is 6. The first-order valence-corrected chi connectivity index (χ1v) is 13.2. The quantitative estimate of drug-likeness (QED) is 0.171. The molecule has 4 N–H and O–H groups in total. The lowest BCUT2D eigenvalue weighted by Crippen LogP contribution is -2.48.